The van der Waals surface area contributed by atoms with Crippen molar-refractivity contribution in [1.82, 2.24) is 9.13 Å². The van der Waals surface area contributed by atoms with E-state index < -0.39 is 23.3 Å². The van der Waals surface area contributed by atoms with Crippen LogP contribution in [0.5, 0.6) is 11.5 Å². The highest BCUT2D eigenvalue weighted by atomic mass is 35.5. The molecule has 0 saturated heterocycles. The fraction of sp³-hybridized carbons (Fsp3) is 0.150. The largest absolute Gasteiger partial charge is 0.508 e. The van der Waals surface area contributed by atoms with Crippen LogP contribution < -0.4 is 15.9 Å². The minimum Gasteiger partial charge on any atom is -0.508 e. The number of pyridine rings is 2. The Kier molecular flexibility index (Phi) is 12.5. The van der Waals surface area contributed by atoms with E-state index in [1.807, 2.05) is 0 Å². The Morgan fingerprint density at radius 3 is 1.47 bits per heavy atom. The molecule has 0 spiro atoms. The van der Waals surface area contributed by atoms with Gasteiger partial charge in [0.2, 0.25) is 0 Å². The van der Waals surface area contributed by atoms with E-state index in [-0.39, 0.29) is 64.3 Å². The minimum atomic E-state index is -0.787. The Morgan fingerprint density at radius 1 is 0.604 bits per heavy atom. The van der Waals surface area contributed by atoms with Crippen LogP contribution in [0.25, 0.3) is 44.8 Å². The molecule has 2 aromatic heterocycles. The summed E-state index contributed by atoms with van der Waals surface area (Å²) in [5, 5.41) is 10.4. The van der Waals surface area contributed by atoms with Crippen LogP contribution in [0.3, 0.4) is 0 Å². The van der Waals surface area contributed by atoms with Crippen molar-refractivity contribution in [3.63, 3.8) is 0 Å². The lowest BCUT2D eigenvalue weighted by molar-refractivity contribution is 0.0511. The van der Waals surface area contributed by atoms with E-state index in [1.54, 1.807) is 32.0 Å². The standard InChI is InChI=1S/C21H18ClF2NO3.C19H14ClF2NO2/c1-3-25-19(26)10-8-14(21(25)20-17(23)5-4-6-18(20)24)15-11-13(28-12-27-2)7-9-16(15)22;1-2-23-17(25)9-7-12(13-10-11(24)6-8-14(13)20)19(23)18-15(21)4-3-5-16(18)22/h4-11H,3,12H2,1-2H3;3-10,24H,2H2,1H3. The van der Waals surface area contributed by atoms with Crippen molar-refractivity contribution >= 4 is 23.2 Å². The molecular formula is C40H32Cl2F4N2O5. The van der Waals surface area contributed by atoms with Gasteiger partial charge in [0.05, 0.1) is 22.5 Å². The Balaban J connectivity index is 0.000000206. The minimum absolute atomic E-state index is 0.0321. The summed E-state index contributed by atoms with van der Waals surface area (Å²) in [7, 11) is 1.49. The van der Waals surface area contributed by atoms with Crippen LogP contribution in [0, 0.1) is 23.3 Å². The van der Waals surface area contributed by atoms with Gasteiger partial charge in [0.15, 0.2) is 6.79 Å². The summed E-state index contributed by atoms with van der Waals surface area (Å²) in [6.45, 7) is 3.91. The fourth-order valence-electron chi connectivity index (χ4n) is 5.86. The molecule has 0 unspecified atom stereocenters. The van der Waals surface area contributed by atoms with Crippen LogP contribution in [0.1, 0.15) is 13.8 Å². The lowest BCUT2D eigenvalue weighted by Gasteiger charge is -2.18. The molecule has 0 bridgehead atoms. The third-order valence-corrected chi connectivity index (χ3v) is 8.87. The number of aromatic hydroxyl groups is 1. The molecule has 1 N–H and O–H groups in total. The van der Waals surface area contributed by atoms with E-state index in [1.165, 1.54) is 70.8 Å². The van der Waals surface area contributed by atoms with Gasteiger partial charge in [-0.05, 0) is 86.6 Å². The van der Waals surface area contributed by atoms with Crippen molar-refractivity contribution in [1.29, 1.82) is 0 Å². The van der Waals surface area contributed by atoms with Crippen LogP contribution in [0.4, 0.5) is 17.6 Å². The van der Waals surface area contributed by atoms with Crippen molar-refractivity contribution in [2.75, 3.05) is 13.9 Å². The number of ether oxygens (including phenoxy) is 2. The molecule has 6 rings (SSSR count). The van der Waals surface area contributed by atoms with Crippen molar-refractivity contribution < 1.29 is 32.1 Å². The van der Waals surface area contributed by atoms with Gasteiger partial charge in [-0.1, -0.05) is 35.3 Å². The fourth-order valence-corrected chi connectivity index (χ4v) is 6.29. The molecule has 0 radical (unpaired) electrons. The van der Waals surface area contributed by atoms with Gasteiger partial charge in [-0.2, -0.15) is 0 Å². The van der Waals surface area contributed by atoms with Gasteiger partial charge in [0.25, 0.3) is 11.1 Å². The van der Waals surface area contributed by atoms with E-state index in [4.69, 9.17) is 32.7 Å². The zero-order valence-corrected chi connectivity index (χ0v) is 30.1. The Labute approximate surface area is 311 Å². The predicted molar refractivity (Wildman–Crippen MR) is 199 cm³/mol. The molecule has 4 aromatic carbocycles. The first-order valence-electron chi connectivity index (χ1n) is 16.2. The van der Waals surface area contributed by atoms with E-state index in [0.717, 1.165) is 24.3 Å². The van der Waals surface area contributed by atoms with Gasteiger partial charge in [-0.25, -0.2) is 17.6 Å². The van der Waals surface area contributed by atoms with Gasteiger partial charge in [-0.3, -0.25) is 9.59 Å². The summed E-state index contributed by atoms with van der Waals surface area (Å²) >= 11 is 12.6. The normalized spacial score (nSPS) is 10.9. The molecule has 2 heterocycles. The molecule has 7 nitrogen and oxygen atoms in total. The number of hydrogen-bond acceptors (Lipinski definition) is 5. The van der Waals surface area contributed by atoms with Gasteiger partial charge < -0.3 is 23.7 Å². The number of hydrogen-bond donors (Lipinski definition) is 1. The summed E-state index contributed by atoms with van der Waals surface area (Å²) < 4.78 is 71.0. The average molecular weight is 768 g/mol. The zero-order chi connectivity index (χ0) is 38.4. The second-order valence-corrected chi connectivity index (χ2v) is 12.2. The third kappa shape index (κ3) is 8.17. The number of phenols is 1. The molecule has 13 heteroatoms. The zero-order valence-electron chi connectivity index (χ0n) is 28.6. The summed E-state index contributed by atoms with van der Waals surface area (Å²) in [5.41, 5.74) is 0.482. The molecule has 0 aliphatic rings. The summed E-state index contributed by atoms with van der Waals surface area (Å²) in [6, 6.07) is 21.9. The van der Waals surface area contributed by atoms with E-state index in [0.29, 0.717) is 33.0 Å². The molecule has 0 aliphatic carbocycles. The number of aromatic nitrogens is 2. The molecule has 0 atom stereocenters. The first-order valence-corrected chi connectivity index (χ1v) is 16.9. The molecule has 0 aliphatic heterocycles. The quantitative estimate of drug-likeness (QED) is 0.117. The van der Waals surface area contributed by atoms with Crippen molar-refractivity contribution in [3.05, 3.63) is 151 Å². The maximum Gasteiger partial charge on any atom is 0.251 e. The highest BCUT2D eigenvalue weighted by Crippen LogP contribution is 2.40. The first kappa shape index (κ1) is 38.9. The molecule has 53 heavy (non-hydrogen) atoms. The lowest BCUT2D eigenvalue weighted by Crippen LogP contribution is -2.21. The second-order valence-electron chi connectivity index (χ2n) is 11.4. The second kappa shape index (κ2) is 17.0. The number of methoxy groups -OCH3 is 1. The summed E-state index contributed by atoms with van der Waals surface area (Å²) in [5.74, 6) is -2.69. The predicted octanol–water partition coefficient (Wildman–Crippen LogP) is 9.96. The van der Waals surface area contributed by atoms with Gasteiger partial charge in [0, 0.05) is 64.6 Å². The SMILES string of the molecule is CCn1c(-c2c(F)cccc2F)c(-c2cc(O)ccc2Cl)ccc1=O.CCn1c(-c2c(F)cccc2F)c(-c2cc(OCOC)ccc2Cl)ccc1=O. The van der Waals surface area contributed by atoms with Crippen molar-refractivity contribution in [2.45, 2.75) is 26.9 Å². The van der Waals surface area contributed by atoms with Crippen LogP contribution >= 0.6 is 23.2 Å². The lowest BCUT2D eigenvalue weighted by atomic mass is 9.97. The summed E-state index contributed by atoms with van der Waals surface area (Å²) in [6.07, 6.45) is 0. The maximum absolute atomic E-state index is 14.6. The molecule has 0 amide bonds. The Hall–Kier alpha value is -5.36. The number of benzene rings is 4. The summed E-state index contributed by atoms with van der Waals surface area (Å²) in [4.78, 5) is 24.6. The maximum atomic E-state index is 14.6. The Morgan fingerprint density at radius 2 is 1.04 bits per heavy atom. The highest BCUT2D eigenvalue weighted by Gasteiger charge is 2.23. The topological polar surface area (TPSA) is 82.7 Å². The monoisotopic (exact) mass is 766 g/mol. The third-order valence-electron chi connectivity index (χ3n) is 8.21. The van der Waals surface area contributed by atoms with Gasteiger partial charge in [-0.15, -0.1) is 0 Å². The number of rotatable bonds is 9. The highest BCUT2D eigenvalue weighted by molar-refractivity contribution is 6.34. The first-order chi connectivity index (χ1) is 25.4. The van der Waals surface area contributed by atoms with Crippen LogP contribution in [0.15, 0.2) is 107 Å². The number of phenolic OH excluding ortho intramolecular Hbond substituents is 1. The van der Waals surface area contributed by atoms with E-state index in [2.05, 4.69) is 0 Å². The van der Waals surface area contributed by atoms with Crippen LogP contribution in [0.2, 0.25) is 10.0 Å². The van der Waals surface area contributed by atoms with E-state index in [9.17, 15) is 32.3 Å². The van der Waals surface area contributed by atoms with Crippen LogP contribution in [-0.2, 0) is 17.8 Å². The van der Waals surface area contributed by atoms with E-state index >= 15 is 0 Å². The van der Waals surface area contributed by atoms with Crippen LogP contribution in [-0.4, -0.2) is 28.1 Å². The Bertz CT molecular complexity index is 2380. The molecular weight excluding hydrogens is 735 g/mol. The molecule has 0 fully saturated rings. The molecule has 274 valence electrons. The van der Waals surface area contributed by atoms with Gasteiger partial charge in [0.1, 0.15) is 34.8 Å². The smallest absolute Gasteiger partial charge is 0.251 e. The molecule has 6 aromatic rings. The van der Waals surface area contributed by atoms with Crippen molar-refractivity contribution in [3.8, 4) is 56.3 Å². The van der Waals surface area contributed by atoms with Crippen molar-refractivity contribution in [2.24, 2.45) is 0 Å². The molecule has 0 saturated carbocycles. The number of halogens is 6. The average Bonchev–Trinajstić information content (AvgIpc) is 3.13. The van der Waals surface area contributed by atoms with Gasteiger partial charge >= 0.3 is 0 Å². The number of nitrogens with zero attached hydrogens (tertiary/aromatic N) is 2.